The van der Waals surface area contributed by atoms with Gasteiger partial charge in [0.25, 0.3) is 0 Å². The van der Waals surface area contributed by atoms with E-state index in [2.05, 4.69) is 20.0 Å². The molecule has 1 fully saturated rings. The van der Waals surface area contributed by atoms with Crippen LogP contribution in [0, 0.1) is 0 Å². The molecule has 0 saturated carbocycles. The number of aromatic nitrogens is 4. The zero-order chi connectivity index (χ0) is 20.6. The first-order chi connectivity index (χ1) is 13.8. The summed E-state index contributed by atoms with van der Waals surface area (Å²) in [7, 11) is 0. The number of hydrogen-bond donors (Lipinski definition) is 0. The highest BCUT2D eigenvalue weighted by molar-refractivity contribution is 5.87. The zero-order valence-corrected chi connectivity index (χ0v) is 17.2. The summed E-state index contributed by atoms with van der Waals surface area (Å²) in [6.07, 6.45) is 3.11. The molecule has 0 aliphatic carbocycles. The van der Waals surface area contributed by atoms with Crippen LogP contribution in [0.5, 0.6) is 0 Å². The van der Waals surface area contributed by atoms with Crippen molar-refractivity contribution in [1.82, 2.24) is 24.6 Å². The molecule has 3 aromatic rings. The maximum Gasteiger partial charge on any atom is 0.410 e. The maximum atomic E-state index is 12.5. The van der Waals surface area contributed by atoms with E-state index in [1.807, 2.05) is 68.9 Å². The van der Waals surface area contributed by atoms with Gasteiger partial charge < -0.3 is 14.5 Å². The van der Waals surface area contributed by atoms with Crippen molar-refractivity contribution >= 4 is 22.9 Å². The van der Waals surface area contributed by atoms with Gasteiger partial charge in [-0.25, -0.2) is 19.4 Å². The monoisotopic (exact) mass is 394 g/mol. The number of carbonyl (C=O) groups excluding carboxylic acids is 1. The summed E-state index contributed by atoms with van der Waals surface area (Å²) in [4.78, 5) is 25.4. The second kappa shape index (κ2) is 7.35. The van der Waals surface area contributed by atoms with Crippen LogP contribution < -0.4 is 4.90 Å². The van der Waals surface area contributed by atoms with E-state index in [1.165, 1.54) is 0 Å². The largest absolute Gasteiger partial charge is 0.444 e. The number of piperazine rings is 1. The van der Waals surface area contributed by atoms with Crippen LogP contribution in [-0.2, 0) is 4.74 Å². The SMILES string of the molecule is CC1CN(c2ncnc3c2cnn3-c2ccccc2)CCN1C(=O)OC(C)(C)C. The molecule has 1 aliphatic rings. The van der Waals surface area contributed by atoms with Gasteiger partial charge in [-0.2, -0.15) is 5.10 Å². The Bertz CT molecular complexity index is 1010. The van der Waals surface area contributed by atoms with Gasteiger partial charge in [0.15, 0.2) is 5.65 Å². The quantitative estimate of drug-likeness (QED) is 0.664. The van der Waals surface area contributed by atoms with Gasteiger partial charge in [-0.1, -0.05) is 18.2 Å². The van der Waals surface area contributed by atoms with Crippen LogP contribution in [0.3, 0.4) is 0 Å². The lowest BCUT2D eigenvalue weighted by Crippen LogP contribution is -2.55. The summed E-state index contributed by atoms with van der Waals surface area (Å²) in [5.41, 5.74) is 1.22. The van der Waals surface area contributed by atoms with E-state index >= 15 is 0 Å². The van der Waals surface area contributed by atoms with Crippen LogP contribution in [0.2, 0.25) is 0 Å². The second-order valence-electron chi connectivity index (χ2n) is 8.30. The molecule has 4 rings (SSSR count). The summed E-state index contributed by atoms with van der Waals surface area (Å²) in [6, 6.07) is 9.92. The van der Waals surface area contributed by atoms with Crippen molar-refractivity contribution in [3.63, 3.8) is 0 Å². The molecule has 0 spiro atoms. The first-order valence-electron chi connectivity index (χ1n) is 9.82. The highest BCUT2D eigenvalue weighted by Gasteiger charge is 2.32. The molecule has 1 amide bonds. The predicted molar refractivity (Wildman–Crippen MR) is 111 cm³/mol. The third-order valence-corrected chi connectivity index (χ3v) is 4.90. The topological polar surface area (TPSA) is 76.4 Å². The number of anilines is 1. The molecule has 1 unspecified atom stereocenters. The summed E-state index contributed by atoms with van der Waals surface area (Å²) in [5.74, 6) is 0.841. The van der Waals surface area contributed by atoms with Crippen LogP contribution in [0.4, 0.5) is 10.6 Å². The Hall–Kier alpha value is -3.16. The Morgan fingerprint density at radius 3 is 2.59 bits per heavy atom. The normalized spacial score (nSPS) is 17.6. The average Bonchev–Trinajstić information content (AvgIpc) is 3.11. The van der Waals surface area contributed by atoms with Gasteiger partial charge in [0.1, 0.15) is 17.7 Å². The third-order valence-electron chi connectivity index (χ3n) is 4.90. The molecule has 0 radical (unpaired) electrons. The minimum Gasteiger partial charge on any atom is -0.444 e. The van der Waals surface area contributed by atoms with Crippen molar-refractivity contribution < 1.29 is 9.53 Å². The van der Waals surface area contributed by atoms with Crippen LogP contribution in [0.25, 0.3) is 16.7 Å². The van der Waals surface area contributed by atoms with E-state index in [0.29, 0.717) is 19.6 Å². The van der Waals surface area contributed by atoms with Crippen molar-refractivity contribution in [3.8, 4) is 5.69 Å². The molecular weight excluding hydrogens is 368 g/mol. The molecule has 0 N–H and O–H groups in total. The highest BCUT2D eigenvalue weighted by atomic mass is 16.6. The van der Waals surface area contributed by atoms with Crippen molar-refractivity contribution in [1.29, 1.82) is 0 Å². The lowest BCUT2D eigenvalue weighted by molar-refractivity contribution is 0.0159. The standard InChI is InChI=1S/C21H26N6O2/c1-15-13-25(10-11-26(15)20(28)29-21(2,3)4)18-17-12-24-27(19(17)23-14-22-18)16-8-6-5-7-9-16/h5-9,12,14-15H,10-11,13H2,1-4H3. The zero-order valence-electron chi connectivity index (χ0n) is 17.2. The number of benzene rings is 1. The Balaban J connectivity index is 1.57. The summed E-state index contributed by atoms with van der Waals surface area (Å²) in [5, 5.41) is 5.42. The van der Waals surface area contributed by atoms with Crippen LogP contribution >= 0.6 is 0 Å². The van der Waals surface area contributed by atoms with Crippen molar-refractivity contribution in [3.05, 3.63) is 42.9 Å². The minimum atomic E-state index is -0.501. The molecule has 1 aliphatic heterocycles. The van der Waals surface area contributed by atoms with Crippen LogP contribution in [-0.4, -0.2) is 62.0 Å². The summed E-state index contributed by atoms with van der Waals surface area (Å²) in [6.45, 7) is 9.60. The van der Waals surface area contributed by atoms with Gasteiger partial charge in [-0.15, -0.1) is 0 Å². The lowest BCUT2D eigenvalue weighted by Gasteiger charge is -2.40. The fourth-order valence-electron chi connectivity index (χ4n) is 3.58. The molecular formula is C21H26N6O2. The number of fused-ring (bicyclic) bond motifs is 1. The van der Waals surface area contributed by atoms with Gasteiger partial charge in [0, 0.05) is 25.7 Å². The summed E-state index contributed by atoms with van der Waals surface area (Å²) < 4.78 is 7.36. The first-order valence-corrected chi connectivity index (χ1v) is 9.82. The molecule has 3 heterocycles. The van der Waals surface area contributed by atoms with Gasteiger partial charge in [0.2, 0.25) is 0 Å². The lowest BCUT2D eigenvalue weighted by atomic mass is 10.2. The molecule has 8 nitrogen and oxygen atoms in total. The average molecular weight is 394 g/mol. The van der Waals surface area contributed by atoms with Crippen LogP contribution in [0.15, 0.2) is 42.9 Å². The molecule has 0 bridgehead atoms. The Kier molecular flexibility index (Phi) is 4.86. The van der Waals surface area contributed by atoms with E-state index in [9.17, 15) is 4.79 Å². The van der Waals surface area contributed by atoms with Gasteiger partial charge in [0.05, 0.1) is 17.3 Å². The Morgan fingerprint density at radius 1 is 1.14 bits per heavy atom. The van der Waals surface area contributed by atoms with E-state index in [-0.39, 0.29) is 12.1 Å². The number of amides is 1. The van der Waals surface area contributed by atoms with Crippen molar-refractivity contribution in [2.24, 2.45) is 0 Å². The Labute approximate surface area is 170 Å². The second-order valence-corrected chi connectivity index (χ2v) is 8.30. The highest BCUT2D eigenvalue weighted by Crippen LogP contribution is 2.27. The predicted octanol–water partition coefficient (Wildman–Crippen LogP) is 3.26. The molecule has 152 valence electrons. The minimum absolute atomic E-state index is 0.00721. The van der Waals surface area contributed by atoms with E-state index in [4.69, 9.17) is 4.74 Å². The maximum absolute atomic E-state index is 12.5. The van der Waals surface area contributed by atoms with Gasteiger partial charge in [-0.3, -0.25) is 0 Å². The van der Waals surface area contributed by atoms with Crippen molar-refractivity contribution in [2.45, 2.75) is 39.3 Å². The van der Waals surface area contributed by atoms with Crippen LogP contribution in [0.1, 0.15) is 27.7 Å². The molecule has 1 saturated heterocycles. The van der Waals surface area contributed by atoms with E-state index in [0.717, 1.165) is 22.5 Å². The number of carbonyl (C=O) groups is 1. The smallest absolute Gasteiger partial charge is 0.410 e. The molecule has 1 aromatic carbocycles. The van der Waals surface area contributed by atoms with Crippen molar-refractivity contribution in [2.75, 3.05) is 24.5 Å². The number of ether oxygens (including phenoxy) is 1. The number of nitrogens with zero attached hydrogens (tertiary/aromatic N) is 6. The van der Waals surface area contributed by atoms with E-state index < -0.39 is 5.60 Å². The fourth-order valence-corrected chi connectivity index (χ4v) is 3.58. The van der Waals surface area contributed by atoms with Gasteiger partial charge in [-0.05, 0) is 39.8 Å². The summed E-state index contributed by atoms with van der Waals surface area (Å²) >= 11 is 0. The number of para-hydroxylation sites is 1. The van der Waals surface area contributed by atoms with E-state index in [1.54, 1.807) is 11.2 Å². The first kappa shape index (κ1) is 19.2. The number of rotatable bonds is 2. The third kappa shape index (κ3) is 3.87. The molecule has 8 heteroatoms. The van der Waals surface area contributed by atoms with Gasteiger partial charge >= 0.3 is 6.09 Å². The Morgan fingerprint density at radius 2 is 1.90 bits per heavy atom. The molecule has 2 aromatic heterocycles. The molecule has 29 heavy (non-hydrogen) atoms. The number of hydrogen-bond acceptors (Lipinski definition) is 6. The molecule has 1 atom stereocenters. The fraction of sp³-hybridized carbons (Fsp3) is 0.429.